The zero-order valence-corrected chi connectivity index (χ0v) is 15.0. The standard InChI is InChI=1S/C18H20N8O/c1-27-15-4-2-3-13-16(20-18(19)21-17(13)15)14-10-25(24-22-14)9-11-7-8-26(23-11)12-5-6-12/h2-4,7-8,12,14H,5-6,9-10H2,1H3,(H2,19,20,21). The van der Waals surface area contributed by atoms with Gasteiger partial charge in [-0.3, -0.25) is 9.69 Å². The molecule has 2 aliphatic rings. The van der Waals surface area contributed by atoms with Crippen LogP contribution in [0.4, 0.5) is 5.95 Å². The SMILES string of the molecule is COc1cccc2c(C3CN(Cc4ccn(C5CC5)n4)N=N3)nc(N)nc12. The van der Waals surface area contributed by atoms with Crippen molar-refractivity contribution in [1.82, 2.24) is 24.8 Å². The lowest BCUT2D eigenvalue weighted by atomic mass is 10.1. The highest BCUT2D eigenvalue weighted by Crippen LogP contribution is 2.35. The second-order valence-corrected chi connectivity index (χ2v) is 6.91. The summed E-state index contributed by atoms with van der Waals surface area (Å²) < 4.78 is 7.45. The van der Waals surface area contributed by atoms with Crippen LogP contribution in [0.2, 0.25) is 0 Å². The lowest BCUT2D eigenvalue weighted by Crippen LogP contribution is -2.18. The summed E-state index contributed by atoms with van der Waals surface area (Å²) in [6, 6.07) is 8.16. The summed E-state index contributed by atoms with van der Waals surface area (Å²) in [6.07, 6.45) is 4.49. The maximum Gasteiger partial charge on any atom is 0.221 e. The Hall–Kier alpha value is -3.23. The van der Waals surface area contributed by atoms with Gasteiger partial charge in [-0.1, -0.05) is 17.4 Å². The summed E-state index contributed by atoms with van der Waals surface area (Å²) in [6.45, 7) is 1.25. The van der Waals surface area contributed by atoms with E-state index in [4.69, 9.17) is 10.5 Å². The first-order valence-electron chi connectivity index (χ1n) is 9.01. The van der Waals surface area contributed by atoms with Gasteiger partial charge in [0, 0.05) is 11.6 Å². The molecule has 0 amide bonds. The van der Waals surface area contributed by atoms with Crippen molar-refractivity contribution in [3.8, 4) is 5.75 Å². The lowest BCUT2D eigenvalue weighted by Gasteiger charge is -2.14. The number of nitrogens with zero attached hydrogens (tertiary/aromatic N) is 7. The number of para-hydroxylation sites is 1. The molecule has 5 rings (SSSR count). The summed E-state index contributed by atoms with van der Waals surface area (Å²) in [5.41, 5.74) is 8.39. The smallest absolute Gasteiger partial charge is 0.221 e. The quantitative estimate of drug-likeness (QED) is 0.746. The monoisotopic (exact) mass is 364 g/mol. The van der Waals surface area contributed by atoms with Gasteiger partial charge in [0.1, 0.15) is 17.3 Å². The van der Waals surface area contributed by atoms with E-state index in [0.717, 1.165) is 16.8 Å². The van der Waals surface area contributed by atoms with E-state index < -0.39 is 0 Å². The van der Waals surface area contributed by atoms with Crippen molar-refractivity contribution in [2.24, 2.45) is 10.3 Å². The molecule has 0 radical (unpaired) electrons. The van der Waals surface area contributed by atoms with Crippen molar-refractivity contribution in [1.29, 1.82) is 0 Å². The lowest BCUT2D eigenvalue weighted by molar-refractivity contribution is 0.295. The van der Waals surface area contributed by atoms with E-state index in [1.54, 1.807) is 7.11 Å². The first-order valence-corrected chi connectivity index (χ1v) is 9.01. The van der Waals surface area contributed by atoms with Crippen molar-refractivity contribution >= 4 is 16.9 Å². The number of hydrogen-bond acceptors (Lipinski definition) is 8. The predicted molar refractivity (Wildman–Crippen MR) is 99.0 cm³/mol. The maximum atomic E-state index is 5.93. The molecule has 1 aliphatic carbocycles. The minimum atomic E-state index is -0.199. The number of benzene rings is 1. The van der Waals surface area contributed by atoms with Gasteiger partial charge in [0.05, 0.1) is 37.6 Å². The van der Waals surface area contributed by atoms with Crippen LogP contribution in [-0.4, -0.2) is 38.4 Å². The average molecular weight is 364 g/mol. The van der Waals surface area contributed by atoms with E-state index in [1.807, 2.05) is 40.2 Å². The molecule has 9 heteroatoms. The largest absolute Gasteiger partial charge is 0.494 e. The molecule has 1 aliphatic heterocycles. The number of fused-ring (bicyclic) bond motifs is 1. The Morgan fingerprint density at radius 2 is 2.11 bits per heavy atom. The van der Waals surface area contributed by atoms with Gasteiger partial charge in [-0.05, 0) is 25.0 Å². The molecule has 1 saturated carbocycles. The normalized spacial score (nSPS) is 19.1. The highest BCUT2D eigenvalue weighted by Gasteiger charge is 2.27. The predicted octanol–water partition coefficient (Wildman–Crippen LogP) is 2.68. The number of aromatic nitrogens is 4. The third kappa shape index (κ3) is 2.94. The van der Waals surface area contributed by atoms with Crippen LogP contribution in [0.15, 0.2) is 40.8 Å². The molecule has 2 aromatic heterocycles. The second kappa shape index (κ2) is 6.19. The van der Waals surface area contributed by atoms with E-state index in [-0.39, 0.29) is 12.0 Å². The van der Waals surface area contributed by atoms with Crippen LogP contribution in [0.25, 0.3) is 10.9 Å². The number of anilines is 1. The van der Waals surface area contributed by atoms with Crippen molar-refractivity contribution in [2.75, 3.05) is 19.4 Å². The first kappa shape index (κ1) is 16.0. The minimum absolute atomic E-state index is 0.199. The van der Waals surface area contributed by atoms with Gasteiger partial charge in [-0.15, -0.1) is 0 Å². The zero-order chi connectivity index (χ0) is 18.4. The molecule has 1 fully saturated rings. The van der Waals surface area contributed by atoms with E-state index in [2.05, 4.69) is 25.4 Å². The Labute approximate surface area is 155 Å². The third-order valence-electron chi connectivity index (χ3n) is 4.90. The third-order valence-corrected chi connectivity index (χ3v) is 4.90. The second-order valence-electron chi connectivity index (χ2n) is 6.91. The number of hydrogen-bond donors (Lipinski definition) is 1. The van der Waals surface area contributed by atoms with Gasteiger partial charge in [-0.25, -0.2) is 9.97 Å². The number of nitrogens with two attached hydrogens (primary N) is 1. The van der Waals surface area contributed by atoms with E-state index in [9.17, 15) is 0 Å². The zero-order valence-electron chi connectivity index (χ0n) is 15.0. The van der Waals surface area contributed by atoms with Gasteiger partial charge in [0.15, 0.2) is 0 Å². The Balaban J connectivity index is 1.39. The Morgan fingerprint density at radius 3 is 2.93 bits per heavy atom. The highest BCUT2D eigenvalue weighted by atomic mass is 16.5. The van der Waals surface area contributed by atoms with Crippen LogP contribution in [0.3, 0.4) is 0 Å². The van der Waals surface area contributed by atoms with E-state index >= 15 is 0 Å². The van der Waals surface area contributed by atoms with Gasteiger partial charge in [0.25, 0.3) is 0 Å². The fourth-order valence-corrected chi connectivity index (χ4v) is 3.42. The van der Waals surface area contributed by atoms with Gasteiger partial charge in [0.2, 0.25) is 5.95 Å². The van der Waals surface area contributed by atoms with Crippen LogP contribution in [0.5, 0.6) is 5.75 Å². The molecule has 27 heavy (non-hydrogen) atoms. The number of methoxy groups -OCH3 is 1. The van der Waals surface area contributed by atoms with Gasteiger partial charge < -0.3 is 10.5 Å². The van der Waals surface area contributed by atoms with Crippen LogP contribution >= 0.6 is 0 Å². The summed E-state index contributed by atoms with van der Waals surface area (Å²) in [7, 11) is 1.62. The number of nitrogen functional groups attached to an aromatic ring is 1. The van der Waals surface area contributed by atoms with Crippen molar-refractivity contribution in [2.45, 2.75) is 31.5 Å². The average Bonchev–Trinajstić information content (AvgIpc) is 3.25. The van der Waals surface area contributed by atoms with Crippen LogP contribution in [0, 0.1) is 0 Å². The first-order chi connectivity index (χ1) is 13.2. The molecule has 2 N–H and O–H groups in total. The highest BCUT2D eigenvalue weighted by molar-refractivity contribution is 5.87. The summed E-state index contributed by atoms with van der Waals surface area (Å²) in [4.78, 5) is 8.78. The summed E-state index contributed by atoms with van der Waals surface area (Å²) in [5.74, 6) is 0.874. The molecule has 0 bridgehead atoms. The van der Waals surface area contributed by atoms with Crippen molar-refractivity contribution in [3.63, 3.8) is 0 Å². The van der Waals surface area contributed by atoms with Crippen LogP contribution in [-0.2, 0) is 6.54 Å². The molecule has 3 heterocycles. The molecular formula is C18H20N8O. The van der Waals surface area contributed by atoms with Crippen LogP contribution in [0.1, 0.15) is 36.3 Å². The molecule has 1 aromatic carbocycles. The van der Waals surface area contributed by atoms with Crippen LogP contribution < -0.4 is 10.5 Å². The molecule has 1 unspecified atom stereocenters. The van der Waals surface area contributed by atoms with Crippen molar-refractivity contribution < 1.29 is 4.74 Å². The topological polar surface area (TPSA) is 107 Å². The number of rotatable bonds is 5. The molecular weight excluding hydrogens is 344 g/mol. The summed E-state index contributed by atoms with van der Waals surface area (Å²) >= 11 is 0. The van der Waals surface area contributed by atoms with Crippen molar-refractivity contribution in [3.05, 3.63) is 41.9 Å². The minimum Gasteiger partial charge on any atom is -0.494 e. The Bertz CT molecular complexity index is 1030. The van der Waals surface area contributed by atoms with Gasteiger partial charge in [-0.2, -0.15) is 10.2 Å². The molecule has 0 spiro atoms. The Kier molecular flexibility index (Phi) is 3.66. The van der Waals surface area contributed by atoms with E-state index in [1.165, 1.54) is 12.8 Å². The number of ether oxygens (including phenoxy) is 1. The van der Waals surface area contributed by atoms with Gasteiger partial charge >= 0.3 is 0 Å². The molecule has 3 aromatic rings. The molecule has 0 saturated heterocycles. The fraction of sp³-hybridized carbons (Fsp3) is 0.389. The summed E-state index contributed by atoms with van der Waals surface area (Å²) in [5, 5.41) is 16.2. The fourth-order valence-electron chi connectivity index (χ4n) is 3.42. The Morgan fingerprint density at radius 1 is 1.22 bits per heavy atom. The maximum absolute atomic E-state index is 5.93. The molecule has 9 nitrogen and oxygen atoms in total. The van der Waals surface area contributed by atoms with E-state index in [0.29, 0.717) is 30.4 Å². The molecule has 138 valence electrons. The molecule has 1 atom stereocenters.